The molecule has 3 nitrogen and oxygen atoms in total. The average Bonchev–Trinajstić information content (AvgIpc) is 2.69. The van der Waals surface area contributed by atoms with E-state index in [2.05, 4.69) is 77.5 Å². The highest BCUT2D eigenvalue weighted by molar-refractivity contribution is 7.99. The Labute approximate surface area is 165 Å². The van der Waals surface area contributed by atoms with Gasteiger partial charge in [-0.2, -0.15) is 0 Å². The van der Waals surface area contributed by atoms with Gasteiger partial charge in [0, 0.05) is 4.75 Å². The summed E-state index contributed by atoms with van der Waals surface area (Å²) in [7, 11) is 0. The van der Waals surface area contributed by atoms with Crippen LogP contribution in [0.4, 0.5) is 4.79 Å². The lowest BCUT2D eigenvalue weighted by Crippen LogP contribution is -2.39. The number of nitrogens with two attached hydrogens (primary N) is 1. The lowest BCUT2D eigenvalue weighted by atomic mass is 9.86. The molecule has 0 aliphatic carbocycles. The molecule has 27 heavy (non-hydrogen) atoms. The second-order valence-corrected chi connectivity index (χ2v) is 8.01. The number of nitrogens with one attached hydrogen (secondary N) is 1. The first-order valence-electron chi connectivity index (χ1n) is 9.00. The van der Waals surface area contributed by atoms with E-state index >= 15 is 0 Å². The van der Waals surface area contributed by atoms with Crippen molar-refractivity contribution in [1.82, 2.24) is 4.72 Å². The summed E-state index contributed by atoms with van der Waals surface area (Å²) >= 11 is 1.44. The molecule has 4 heteroatoms. The minimum absolute atomic E-state index is 0.251. The summed E-state index contributed by atoms with van der Waals surface area (Å²) in [6, 6.07) is 30.7. The van der Waals surface area contributed by atoms with Crippen molar-refractivity contribution < 1.29 is 4.79 Å². The van der Waals surface area contributed by atoms with Gasteiger partial charge in [0.15, 0.2) is 0 Å². The van der Waals surface area contributed by atoms with E-state index in [1.807, 2.05) is 18.2 Å². The summed E-state index contributed by atoms with van der Waals surface area (Å²) in [5.41, 5.74) is 9.13. The van der Waals surface area contributed by atoms with Crippen molar-refractivity contribution in [3.8, 4) is 0 Å². The summed E-state index contributed by atoms with van der Waals surface area (Å²) in [6.45, 7) is 0. The van der Waals surface area contributed by atoms with E-state index in [0.717, 1.165) is 19.3 Å². The normalized spacial score (nSPS) is 11.1. The van der Waals surface area contributed by atoms with E-state index in [-0.39, 0.29) is 4.75 Å². The fourth-order valence-corrected chi connectivity index (χ4v) is 4.39. The van der Waals surface area contributed by atoms with Crippen molar-refractivity contribution in [3.05, 3.63) is 108 Å². The van der Waals surface area contributed by atoms with Crippen molar-refractivity contribution in [3.63, 3.8) is 0 Å². The number of benzene rings is 3. The first kappa shape index (κ1) is 19.1. The fourth-order valence-electron chi connectivity index (χ4n) is 3.36. The fraction of sp³-hybridized carbons (Fsp3) is 0.174. The molecular weight excluding hydrogens is 352 g/mol. The number of hydrogen-bond acceptors (Lipinski definition) is 2. The molecule has 138 valence electrons. The molecule has 0 bridgehead atoms. The van der Waals surface area contributed by atoms with Crippen LogP contribution in [0.25, 0.3) is 0 Å². The van der Waals surface area contributed by atoms with E-state index in [0.29, 0.717) is 0 Å². The topological polar surface area (TPSA) is 55.1 Å². The number of amides is 2. The lowest BCUT2D eigenvalue weighted by Gasteiger charge is -2.33. The Balaban J connectivity index is 1.96. The van der Waals surface area contributed by atoms with Gasteiger partial charge < -0.3 is 5.73 Å². The van der Waals surface area contributed by atoms with Crippen LogP contribution in [0.3, 0.4) is 0 Å². The molecule has 0 aliphatic heterocycles. The number of urea groups is 1. The van der Waals surface area contributed by atoms with Crippen molar-refractivity contribution in [2.45, 2.75) is 24.0 Å². The molecule has 0 aliphatic rings. The molecule has 0 saturated heterocycles. The zero-order valence-corrected chi connectivity index (χ0v) is 16.0. The molecule has 0 spiro atoms. The number of carbonyl (C=O) groups is 1. The second-order valence-electron chi connectivity index (χ2n) is 6.74. The first-order valence-corrected chi connectivity index (χ1v) is 9.82. The van der Waals surface area contributed by atoms with Crippen LogP contribution in [0.15, 0.2) is 91.0 Å². The minimum atomic E-state index is -0.515. The number of rotatable bonds is 8. The van der Waals surface area contributed by atoms with Crippen molar-refractivity contribution in [2.75, 3.05) is 0 Å². The Morgan fingerprint density at radius 1 is 0.704 bits per heavy atom. The Kier molecular flexibility index (Phi) is 6.55. The molecule has 3 aromatic rings. The van der Waals surface area contributed by atoms with Gasteiger partial charge in [-0.25, -0.2) is 4.79 Å². The molecule has 0 fully saturated rings. The third-order valence-electron chi connectivity index (χ3n) is 4.48. The highest BCUT2D eigenvalue weighted by Crippen LogP contribution is 2.35. The zero-order valence-electron chi connectivity index (χ0n) is 15.2. The van der Waals surface area contributed by atoms with Gasteiger partial charge in [-0.1, -0.05) is 91.0 Å². The van der Waals surface area contributed by atoms with Gasteiger partial charge in [-0.15, -0.1) is 0 Å². The molecule has 0 unspecified atom stereocenters. The molecule has 3 N–H and O–H groups in total. The first-order chi connectivity index (χ1) is 13.2. The molecule has 0 aromatic heterocycles. The maximum Gasteiger partial charge on any atom is 0.322 e. The van der Waals surface area contributed by atoms with Crippen LogP contribution in [0.5, 0.6) is 0 Å². The number of carbonyl (C=O) groups excluding carboxylic acids is 1. The van der Waals surface area contributed by atoms with Crippen LogP contribution in [-0.4, -0.2) is 10.8 Å². The van der Waals surface area contributed by atoms with Crippen LogP contribution in [-0.2, 0) is 19.3 Å². The van der Waals surface area contributed by atoms with Gasteiger partial charge in [0.1, 0.15) is 0 Å². The van der Waals surface area contributed by atoms with E-state index in [1.165, 1.54) is 28.6 Å². The zero-order chi connectivity index (χ0) is 19.0. The summed E-state index contributed by atoms with van der Waals surface area (Å²) in [5, 5.41) is 0. The average molecular weight is 377 g/mol. The molecule has 0 radical (unpaired) electrons. The predicted molar refractivity (Wildman–Crippen MR) is 113 cm³/mol. The van der Waals surface area contributed by atoms with Gasteiger partial charge in [0.25, 0.3) is 0 Å². The van der Waals surface area contributed by atoms with E-state index in [1.54, 1.807) is 0 Å². The summed E-state index contributed by atoms with van der Waals surface area (Å²) < 4.78 is 2.55. The maximum absolute atomic E-state index is 11.5. The SMILES string of the molecule is NC(=O)NSC(Cc1ccccc1)(Cc1ccccc1)Cc1ccccc1. The highest BCUT2D eigenvalue weighted by atomic mass is 32.2. The summed E-state index contributed by atoms with van der Waals surface area (Å²) in [6.07, 6.45) is 2.47. The quantitative estimate of drug-likeness (QED) is 0.556. The molecule has 0 heterocycles. The highest BCUT2D eigenvalue weighted by Gasteiger charge is 2.33. The predicted octanol–water partition coefficient (Wildman–Crippen LogP) is 4.77. The Morgan fingerprint density at radius 2 is 1.04 bits per heavy atom. The Bertz CT molecular complexity index is 737. The van der Waals surface area contributed by atoms with Gasteiger partial charge in [-0.3, -0.25) is 4.72 Å². The summed E-state index contributed by atoms with van der Waals surface area (Å²) in [4.78, 5) is 11.5. The van der Waals surface area contributed by atoms with Crippen molar-refractivity contribution in [1.29, 1.82) is 0 Å². The van der Waals surface area contributed by atoms with Crippen LogP contribution in [0, 0.1) is 0 Å². The third kappa shape index (κ3) is 5.90. The largest absolute Gasteiger partial charge is 0.351 e. The molecule has 2 amide bonds. The standard InChI is InChI=1S/C23H24N2OS/c24-22(26)25-27-23(16-19-10-4-1-5-11-19,17-20-12-6-2-7-13-20)18-21-14-8-3-9-15-21/h1-15H,16-18H2,(H3,24,25,26). The third-order valence-corrected chi connectivity index (χ3v) is 5.64. The second kappa shape index (κ2) is 9.28. The number of primary amides is 1. The molecule has 0 atom stereocenters. The van der Waals surface area contributed by atoms with Gasteiger partial charge >= 0.3 is 6.03 Å². The van der Waals surface area contributed by atoms with Gasteiger partial charge in [-0.05, 0) is 47.9 Å². The number of hydrogen-bond donors (Lipinski definition) is 2. The monoisotopic (exact) mass is 376 g/mol. The van der Waals surface area contributed by atoms with Gasteiger partial charge in [0.2, 0.25) is 0 Å². The molecule has 0 saturated carbocycles. The van der Waals surface area contributed by atoms with Crippen molar-refractivity contribution in [2.24, 2.45) is 5.73 Å². The van der Waals surface area contributed by atoms with Crippen LogP contribution in [0.1, 0.15) is 16.7 Å². The van der Waals surface area contributed by atoms with Crippen LogP contribution < -0.4 is 10.5 Å². The van der Waals surface area contributed by atoms with Crippen LogP contribution in [0.2, 0.25) is 0 Å². The molecule has 3 aromatic carbocycles. The summed E-state index contributed by atoms with van der Waals surface area (Å²) in [5.74, 6) is 0. The Morgan fingerprint density at radius 3 is 1.33 bits per heavy atom. The minimum Gasteiger partial charge on any atom is -0.351 e. The molecule has 3 rings (SSSR count). The van der Waals surface area contributed by atoms with Gasteiger partial charge in [0.05, 0.1) is 0 Å². The van der Waals surface area contributed by atoms with E-state index in [4.69, 9.17) is 5.73 Å². The van der Waals surface area contributed by atoms with Crippen LogP contribution >= 0.6 is 11.9 Å². The maximum atomic E-state index is 11.5. The van der Waals surface area contributed by atoms with E-state index < -0.39 is 6.03 Å². The molecular formula is C23H24N2OS. The smallest absolute Gasteiger partial charge is 0.322 e. The lowest BCUT2D eigenvalue weighted by molar-refractivity contribution is 0.254. The van der Waals surface area contributed by atoms with E-state index in [9.17, 15) is 4.79 Å². The Hall–Kier alpha value is -2.72. The van der Waals surface area contributed by atoms with Crippen molar-refractivity contribution >= 4 is 18.0 Å².